The molecule has 1 saturated heterocycles. The number of hydrogen-bond donors (Lipinski definition) is 2. The van der Waals surface area contributed by atoms with Gasteiger partial charge in [0.05, 0.1) is 13.2 Å². The molecule has 1 aromatic heterocycles. The highest BCUT2D eigenvalue weighted by molar-refractivity contribution is 5.76. The number of rotatable bonds is 8. The SMILES string of the molecule is COc1ccccc1CNC(=O)CCc1nc(C2CCCN2C(=O)NC(C)C)no1. The molecular weight excluding hydrogens is 386 g/mol. The van der Waals surface area contributed by atoms with Crippen molar-refractivity contribution >= 4 is 11.9 Å². The Kier molecular flexibility index (Phi) is 7.26. The number of methoxy groups -OCH3 is 1. The van der Waals surface area contributed by atoms with Crippen molar-refractivity contribution in [3.05, 3.63) is 41.5 Å². The lowest BCUT2D eigenvalue weighted by atomic mass is 10.2. The van der Waals surface area contributed by atoms with Gasteiger partial charge in [0.25, 0.3) is 0 Å². The molecule has 0 saturated carbocycles. The van der Waals surface area contributed by atoms with Crippen molar-refractivity contribution in [2.24, 2.45) is 0 Å². The lowest BCUT2D eigenvalue weighted by molar-refractivity contribution is -0.121. The highest BCUT2D eigenvalue weighted by Gasteiger charge is 2.33. The van der Waals surface area contributed by atoms with E-state index >= 15 is 0 Å². The lowest BCUT2D eigenvalue weighted by Gasteiger charge is -2.23. The topological polar surface area (TPSA) is 110 Å². The van der Waals surface area contributed by atoms with Crippen molar-refractivity contribution in [2.75, 3.05) is 13.7 Å². The Hall–Kier alpha value is -3.10. The van der Waals surface area contributed by atoms with Crippen LogP contribution in [0.4, 0.5) is 4.79 Å². The molecule has 0 aliphatic carbocycles. The first-order valence-corrected chi connectivity index (χ1v) is 10.3. The third kappa shape index (κ3) is 5.49. The standard InChI is InChI=1S/C21H29N5O4/c1-14(2)23-21(28)26-12-6-8-16(26)20-24-19(30-25-20)11-10-18(27)22-13-15-7-4-5-9-17(15)29-3/h4-5,7,9,14,16H,6,8,10-13H2,1-3H3,(H,22,27)(H,23,28). The molecule has 9 heteroatoms. The van der Waals surface area contributed by atoms with Crippen LogP contribution in [-0.4, -0.2) is 46.7 Å². The number of nitrogens with one attached hydrogen (secondary N) is 2. The summed E-state index contributed by atoms with van der Waals surface area (Å²) in [7, 11) is 1.60. The summed E-state index contributed by atoms with van der Waals surface area (Å²) in [4.78, 5) is 30.7. The molecule has 0 spiro atoms. The fourth-order valence-corrected chi connectivity index (χ4v) is 3.46. The highest BCUT2D eigenvalue weighted by Crippen LogP contribution is 2.30. The monoisotopic (exact) mass is 415 g/mol. The van der Waals surface area contributed by atoms with E-state index in [1.807, 2.05) is 38.1 Å². The number of amides is 3. The summed E-state index contributed by atoms with van der Waals surface area (Å²) in [6, 6.07) is 7.30. The van der Waals surface area contributed by atoms with Gasteiger partial charge in [0.1, 0.15) is 5.75 Å². The molecule has 1 aliphatic rings. The normalized spacial score (nSPS) is 16.0. The fourth-order valence-electron chi connectivity index (χ4n) is 3.46. The van der Waals surface area contributed by atoms with E-state index in [0.29, 0.717) is 31.2 Å². The molecule has 3 rings (SSSR count). The van der Waals surface area contributed by atoms with Crippen LogP contribution in [0.5, 0.6) is 5.75 Å². The molecule has 2 N–H and O–H groups in total. The number of ether oxygens (including phenoxy) is 1. The Labute approximate surface area is 176 Å². The number of nitrogens with zero attached hydrogens (tertiary/aromatic N) is 3. The van der Waals surface area contributed by atoms with Gasteiger partial charge in [-0.1, -0.05) is 23.4 Å². The quantitative estimate of drug-likeness (QED) is 0.686. The summed E-state index contributed by atoms with van der Waals surface area (Å²) in [6.07, 6.45) is 2.27. The zero-order valence-electron chi connectivity index (χ0n) is 17.7. The molecule has 2 aromatic rings. The van der Waals surface area contributed by atoms with E-state index in [9.17, 15) is 9.59 Å². The molecule has 2 heterocycles. The van der Waals surface area contributed by atoms with Crippen LogP contribution in [0.3, 0.4) is 0 Å². The van der Waals surface area contributed by atoms with Crippen LogP contribution in [0.2, 0.25) is 0 Å². The molecule has 0 radical (unpaired) electrons. The van der Waals surface area contributed by atoms with E-state index in [1.165, 1.54) is 0 Å². The third-order valence-electron chi connectivity index (χ3n) is 4.94. The minimum atomic E-state index is -0.194. The maximum absolute atomic E-state index is 12.4. The van der Waals surface area contributed by atoms with Gasteiger partial charge in [-0.3, -0.25) is 4.79 Å². The minimum Gasteiger partial charge on any atom is -0.496 e. The van der Waals surface area contributed by atoms with Gasteiger partial charge in [0.2, 0.25) is 11.8 Å². The lowest BCUT2D eigenvalue weighted by Crippen LogP contribution is -2.42. The van der Waals surface area contributed by atoms with E-state index in [1.54, 1.807) is 12.0 Å². The summed E-state index contributed by atoms with van der Waals surface area (Å²) in [6.45, 7) is 4.90. The van der Waals surface area contributed by atoms with Crippen LogP contribution in [0.1, 0.15) is 56.4 Å². The molecule has 1 unspecified atom stereocenters. The van der Waals surface area contributed by atoms with Gasteiger partial charge in [-0.2, -0.15) is 4.98 Å². The van der Waals surface area contributed by atoms with Gasteiger partial charge in [-0.05, 0) is 32.8 Å². The van der Waals surface area contributed by atoms with Crippen molar-refractivity contribution in [1.29, 1.82) is 0 Å². The zero-order valence-corrected chi connectivity index (χ0v) is 17.7. The fraction of sp³-hybridized carbons (Fsp3) is 0.524. The number of benzene rings is 1. The largest absolute Gasteiger partial charge is 0.496 e. The summed E-state index contributed by atoms with van der Waals surface area (Å²) in [5.41, 5.74) is 0.912. The number of hydrogen-bond acceptors (Lipinski definition) is 6. The molecule has 1 aromatic carbocycles. The maximum Gasteiger partial charge on any atom is 0.318 e. The molecule has 0 bridgehead atoms. The molecule has 1 aliphatic heterocycles. The first-order chi connectivity index (χ1) is 14.5. The first kappa shape index (κ1) is 21.6. The van der Waals surface area contributed by atoms with Crippen LogP contribution in [0.15, 0.2) is 28.8 Å². The second-order valence-corrected chi connectivity index (χ2v) is 7.59. The van der Waals surface area contributed by atoms with E-state index in [4.69, 9.17) is 9.26 Å². The second-order valence-electron chi connectivity index (χ2n) is 7.59. The smallest absolute Gasteiger partial charge is 0.318 e. The predicted molar refractivity (Wildman–Crippen MR) is 110 cm³/mol. The number of aromatic nitrogens is 2. The maximum atomic E-state index is 12.4. The van der Waals surface area contributed by atoms with Crippen molar-refractivity contribution in [2.45, 2.75) is 58.2 Å². The van der Waals surface area contributed by atoms with Gasteiger partial charge in [0.15, 0.2) is 5.82 Å². The number of likely N-dealkylation sites (tertiary alicyclic amines) is 1. The molecule has 9 nitrogen and oxygen atoms in total. The van der Waals surface area contributed by atoms with Crippen LogP contribution in [0, 0.1) is 0 Å². The third-order valence-corrected chi connectivity index (χ3v) is 4.94. The molecule has 162 valence electrons. The Balaban J connectivity index is 1.50. The second kappa shape index (κ2) is 10.1. The number of urea groups is 1. The van der Waals surface area contributed by atoms with Crippen LogP contribution >= 0.6 is 0 Å². The first-order valence-electron chi connectivity index (χ1n) is 10.3. The van der Waals surface area contributed by atoms with Gasteiger partial charge in [0, 0.05) is 37.5 Å². The van der Waals surface area contributed by atoms with Gasteiger partial charge in [-0.25, -0.2) is 4.79 Å². The van der Waals surface area contributed by atoms with Gasteiger partial charge >= 0.3 is 6.03 Å². The number of carbonyl (C=O) groups is 2. The summed E-state index contributed by atoms with van der Waals surface area (Å²) >= 11 is 0. The van der Waals surface area contributed by atoms with Crippen molar-refractivity contribution < 1.29 is 18.8 Å². The number of aryl methyl sites for hydroxylation is 1. The predicted octanol–water partition coefficient (Wildman–Crippen LogP) is 2.58. The molecular formula is C21H29N5O4. The highest BCUT2D eigenvalue weighted by atomic mass is 16.5. The Bertz CT molecular complexity index is 867. The molecule has 3 amide bonds. The van der Waals surface area contributed by atoms with Crippen LogP contribution in [-0.2, 0) is 17.8 Å². The summed E-state index contributed by atoms with van der Waals surface area (Å²) in [5, 5.41) is 9.83. The van der Waals surface area contributed by atoms with E-state index in [0.717, 1.165) is 24.2 Å². The van der Waals surface area contributed by atoms with Crippen LogP contribution in [0.25, 0.3) is 0 Å². The Morgan fingerprint density at radius 2 is 2.13 bits per heavy atom. The zero-order chi connectivity index (χ0) is 21.5. The van der Waals surface area contributed by atoms with Crippen molar-refractivity contribution in [3.8, 4) is 5.75 Å². The van der Waals surface area contributed by atoms with Gasteiger partial charge < -0.3 is 24.8 Å². The average molecular weight is 415 g/mol. The van der Waals surface area contributed by atoms with Crippen LogP contribution < -0.4 is 15.4 Å². The molecule has 1 atom stereocenters. The van der Waals surface area contributed by atoms with Crippen molar-refractivity contribution in [1.82, 2.24) is 25.7 Å². The van der Waals surface area contributed by atoms with E-state index < -0.39 is 0 Å². The molecule has 30 heavy (non-hydrogen) atoms. The number of carbonyl (C=O) groups excluding carboxylic acids is 2. The minimum absolute atomic E-state index is 0.0638. The Morgan fingerprint density at radius 1 is 1.33 bits per heavy atom. The average Bonchev–Trinajstić information content (AvgIpc) is 3.39. The number of para-hydroxylation sites is 1. The van der Waals surface area contributed by atoms with Crippen molar-refractivity contribution in [3.63, 3.8) is 0 Å². The van der Waals surface area contributed by atoms with E-state index in [-0.39, 0.29) is 30.4 Å². The summed E-state index contributed by atoms with van der Waals surface area (Å²) in [5.74, 6) is 1.52. The van der Waals surface area contributed by atoms with Gasteiger partial charge in [-0.15, -0.1) is 0 Å². The van der Waals surface area contributed by atoms with E-state index in [2.05, 4.69) is 20.8 Å². The Morgan fingerprint density at radius 3 is 2.90 bits per heavy atom. The molecule has 1 fully saturated rings. The summed E-state index contributed by atoms with van der Waals surface area (Å²) < 4.78 is 10.6.